The van der Waals surface area contributed by atoms with Crippen LogP contribution in [0.25, 0.3) is 0 Å². The fraction of sp³-hybridized carbons (Fsp3) is 1.00. The van der Waals surface area contributed by atoms with Crippen LogP contribution < -0.4 is 0 Å². The van der Waals surface area contributed by atoms with Crippen molar-refractivity contribution in [2.45, 2.75) is 19.8 Å². The van der Waals surface area contributed by atoms with Gasteiger partial charge in [0.1, 0.15) is 0 Å². The molecule has 1 atom stereocenters. The molecule has 8 heavy (non-hydrogen) atoms. The Labute approximate surface area is 64.6 Å². The van der Waals surface area contributed by atoms with Crippen LogP contribution in [-0.2, 0) is 0 Å². The van der Waals surface area contributed by atoms with E-state index in [9.17, 15) is 0 Å². The monoisotopic (exact) mass is 228 g/mol. The average molecular weight is 228 g/mol. The van der Waals surface area contributed by atoms with E-state index in [1.165, 1.54) is 10.8 Å². The molecule has 0 spiro atoms. The highest BCUT2D eigenvalue weighted by Crippen LogP contribution is 2.07. The van der Waals surface area contributed by atoms with Gasteiger partial charge in [0.05, 0.1) is 0 Å². The maximum atomic E-state index is 8.41. The van der Waals surface area contributed by atoms with Crippen LogP contribution in [0.5, 0.6) is 0 Å². The molecule has 1 N–H and O–H groups in total. The van der Waals surface area contributed by atoms with Crippen LogP contribution in [0.3, 0.4) is 0 Å². The highest BCUT2D eigenvalue weighted by molar-refractivity contribution is 14.1. The van der Waals surface area contributed by atoms with Crippen molar-refractivity contribution in [1.29, 1.82) is 0 Å². The summed E-state index contributed by atoms with van der Waals surface area (Å²) in [5.74, 6) is 0.780. The molecule has 0 heterocycles. The predicted molar refractivity (Wildman–Crippen MR) is 44.4 cm³/mol. The van der Waals surface area contributed by atoms with Crippen LogP contribution in [0.4, 0.5) is 0 Å². The molecule has 0 aromatic heterocycles. The fourth-order valence-corrected chi connectivity index (χ4v) is 0.957. The molecule has 0 bridgehead atoms. The summed E-state index contributed by atoms with van der Waals surface area (Å²) in [7, 11) is 0. The lowest BCUT2D eigenvalue weighted by atomic mass is 10.1. The van der Waals surface area contributed by atoms with Crippen molar-refractivity contribution >= 4 is 22.6 Å². The molecule has 1 unspecified atom stereocenters. The number of alkyl halides is 1. The molecule has 1 nitrogen and oxygen atoms in total. The summed E-state index contributed by atoms with van der Waals surface area (Å²) in [6.45, 7) is 2.56. The largest absolute Gasteiger partial charge is 0.396 e. The van der Waals surface area contributed by atoms with Crippen LogP contribution in [-0.4, -0.2) is 16.1 Å². The van der Waals surface area contributed by atoms with Crippen LogP contribution >= 0.6 is 22.6 Å². The summed E-state index contributed by atoms with van der Waals surface area (Å²) in [6.07, 6.45) is 2.13. The van der Waals surface area contributed by atoms with E-state index < -0.39 is 0 Å². The lowest BCUT2D eigenvalue weighted by Crippen LogP contribution is -1.96. The molecule has 0 fully saturated rings. The summed E-state index contributed by atoms with van der Waals surface area (Å²) < 4.78 is 1.21. The summed E-state index contributed by atoms with van der Waals surface area (Å²) in [4.78, 5) is 0. The topological polar surface area (TPSA) is 20.2 Å². The zero-order chi connectivity index (χ0) is 6.41. The SMILES string of the molecule is CC(CI)CCCO. The van der Waals surface area contributed by atoms with Gasteiger partial charge in [0.15, 0.2) is 0 Å². The minimum atomic E-state index is 0.348. The highest BCUT2D eigenvalue weighted by atomic mass is 127. The van der Waals surface area contributed by atoms with Crippen LogP contribution in [0.1, 0.15) is 19.8 Å². The number of aliphatic hydroxyl groups excluding tert-OH is 1. The van der Waals surface area contributed by atoms with E-state index in [0.717, 1.165) is 12.3 Å². The van der Waals surface area contributed by atoms with Crippen molar-refractivity contribution in [2.24, 2.45) is 5.92 Å². The second-order valence-electron chi connectivity index (χ2n) is 2.13. The average Bonchev–Trinajstić information content (AvgIpc) is 1.83. The van der Waals surface area contributed by atoms with Crippen LogP contribution in [0.15, 0.2) is 0 Å². The third kappa shape index (κ3) is 4.84. The number of rotatable bonds is 4. The molecule has 0 aliphatic carbocycles. The van der Waals surface area contributed by atoms with E-state index in [2.05, 4.69) is 29.5 Å². The van der Waals surface area contributed by atoms with E-state index in [1.807, 2.05) is 0 Å². The first-order valence-electron chi connectivity index (χ1n) is 2.98. The second kappa shape index (κ2) is 5.82. The Morgan fingerprint density at radius 3 is 2.62 bits per heavy atom. The molecule has 0 aliphatic rings. The lowest BCUT2D eigenvalue weighted by Gasteiger charge is -2.03. The summed E-state index contributed by atoms with van der Waals surface area (Å²) in [5, 5.41) is 8.41. The molecule has 0 aliphatic heterocycles. The first-order valence-corrected chi connectivity index (χ1v) is 4.50. The number of aliphatic hydroxyl groups is 1. The molecular weight excluding hydrogens is 215 g/mol. The molecule has 2 heteroatoms. The van der Waals surface area contributed by atoms with E-state index in [-0.39, 0.29) is 0 Å². The van der Waals surface area contributed by atoms with Gasteiger partial charge in [0.2, 0.25) is 0 Å². The van der Waals surface area contributed by atoms with E-state index in [4.69, 9.17) is 5.11 Å². The Balaban J connectivity index is 2.86. The Bertz CT molecular complexity index is 47.8. The Hall–Kier alpha value is 0.690. The van der Waals surface area contributed by atoms with Gasteiger partial charge in [-0.2, -0.15) is 0 Å². The normalized spacial score (nSPS) is 13.9. The number of hydrogen-bond donors (Lipinski definition) is 1. The first kappa shape index (κ1) is 8.69. The minimum absolute atomic E-state index is 0.348. The predicted octanol–water partition coefficient (Wildman–Crippen LogP) is 1.83. The standard InChI is InChI=1S/C6H13IO/c1-6(5-7)3-2-4-8/h6,8H,2-5H2,1H3. The summed E-state index contributed by atoms with van der Waals surface area (Å²) in [6, 6.07) is 0. The lowest BCUT2D eigenvalue weighted by molar-refractivity contribution is 0.277. The number of halogens is 1. The van der Waals surface area contributed by atoms with Gasteiger partial charge in [0, 0.05) is 11.0 Å². The molecule has 0 aromatic rings. The maximum Gasteiger partial charge on any atom is 0.0431 e. The molecule has 0 saturated carbocycles. The minimum Gasteiger partial charge on any atom is -0.396 e. The van der Waals surface area contributed by atoms with Gasteiger partial charge in [-0.05, 0) is 18.8 Å². The Morgan fingerprint density at radius 1 is 1.62 bits per heavy atom. The van der Waals surface area contributed by atoms with Gasteiger partial charge >= 0.3 is 0 Å². The Morgan fingerprint density at radius 2 is 2.25 bits per heavy atom. The molecule has 0 aromatic carbocycles. The van der Waals surface area contributed by atoms with Crippen LogP contribution in [0.2, 0.25) is 0 Å². The number of hydrogen-bond acceptors (Lipinski definition) is 1. The van der Waals surface area contributed by atoms with Crippen molar-refractivity contribution in [3.05, 3.63) is 0 Å². The van der Waals surface area contributed by atoms with Gasteiger partial charge in [-0.15, -0.1) is 0 Å². The third-order valence-electron chi connectivity index (χ3n) is 1.12. The quantitative estimate of drug-likeness (QED) is 0.574. The van der Waals surface area contributed by atoms with E-state index in [1.54, 1.807) is 0 Å². The maximum absolute atomic E-state index is 8.41. The van der Waals surface area contributed by atoms with Crippen LogP contribution in [0, 0.1) is 5.92 Å². The van der Waals surface area contributed by atoms with Gasteiger partial charge in [-0.3, -0.25) is 0 Å². The fourth-order valence-electron chi connectivity index (χ4n) is 0.517. The van der Waals surface area contributed by atoms with Gasteiger partial charge in [-0.1, -0.05) is 29.5 Å². The molecular formula is C6H13IO. The molecule has 0 rings (SSSR count). The smallest absolute Gasteiger partial charge is 0.0431 e. The Kier molecular flexibility index (Phi) is 6.32. The van der Waals surface area contributed by atoms with Crippen molar-refractivity contribution in [3.63, 3.8) is 0 Å². The molecule has 0 amide bonds. The van der Waals surface area contributed by atoms with E-state index >= 15 is 0 Å². The highest BCUT2D eigenvalue weighted by Gasteiger charge is 1.96. The third-order valence-corrected chi connectivity index (χ3v) is 2.62. The molecule has 0 saturated heterocycles. The van der Waals surface area contributed by atoms with Gasteiger partial charge in [0.25, 0.3) is 0 Å². The van der Waals surface area contributed by atoms with Crippen molar-refractivity contribution in [3.8, 4) is 0 Å². The van der Waals surface area contributed by atoms with Gasteiger partial charge < -0.3 is 5.11 Å². The summed E-state index contributed by atoms with van der Waals surface area (Å²) in [5.41, 5.74) is 0. The van der Waals surface area contributed by atoms with Crippen molar-refractivity contribution < 1.29 is 5.11 Å². The molecule has 0 radical (unpaired) electrons. The zero-order valence-corrected chi connectivity index (χ0v) is 7.39. The van der Waals surface area contributed by atoms with E-state index in [0.29, 0.717) is 6.61 Å². The second-order valence-corrected chi connectivity index (χ2v) is 3.01. The van der Waals surface area contributed by atoms with Crippen molar-refractivity contribution in [1.82, 2.24) is 0 Å². The van der Waals surface area contributed by atoms with Gasteiger partial charge in [-0.25, -0.2) is 0 Å². The molecule has 50 valence electrons. The first-order chi connectivity index (χ1) is 3.81. The summed E-state index contributed by atoms with van der Waals surface area (Å²) >= 11 is 2.37. The zero-order valence-electron chi connectivity index (χ0n) is 5.23. The van der Waals surface area contributed by atoms with Crippen molar-refractivity contribution in [2.75, 3.05) is 11.0 Å².